The van der Waals surface area contributed by atoms with Crippen LogP contribution in [0.3, 0.4) is 0 Å². The summed E-state index contributed by atoms with van der Waals surface area (Å²) < 4.78 is 0. The van der Waals surface area contributed by atoms with Gasteiger partial charge in [-0.3, -0.25) is 4.98 Å². The molecule has 0 spiro atoms. The minimum Gasteiger partial charge on any atom is -0.383 e. The van der Waals surface area contributed by atoms with Gasteiger partial charge in [0.25, 0.3) is 0 Å². The number of pyridine rings is 2. The molecule has 0 fully saturated rings. The summed E-state index contributed by atoms with van der Waals surface area (Å²) in [5.74, 6) is 0.589. The monoisotopic (exact) mass is 242 g/mol. The summed E-state index contributed by atoms with van der Waals surface area (Å²) in [5.41, 5.74) is 9.16. The van der Waals surface area contributed by atoms with E-state index in [-0.39, 0.29) is 6.04 Å². The van der Waals surface area contributed by atoms with Gasteiger partial charge in [0.15, 0.2) is 0 Å². The van der Waals surface area contributed by atoms with E-state index in [4.69, 9.17) is 5.73 Å². The normalized spacial score (nSPS) is 12.3. The molecule has 0 saturated carbocycles. The highest BCUT2D eigenvalue weighted by Gasteiger charge is 2.15. The molecule has 1 unspecified atom stereocenters. The first-order chi connectivity index (χ1) is 8.72. The van der Waals surface area contributed by atoms with Crippen molar-refractivity contribution in [3.8, 4) is 0 Å². The lowest BCUT2D eigenvalue weighted by Crippen LogP contribution is -2.21. The first-order valence-corrected chi connectivity index (χ1v) is 6.00. The third-order valence-electron chi connectivity index (χ3n) is 3.08. The van der Waals surface area contributed by atoms with Crippen molar-refractivity contribution < 1.29 is 0 Å². The van der Waals surface area contributed by atoms with Crippen molar-refractivity contribution in [1.82, 2.24) is 15.3 Å². The lowest BCUT2D eigenvalue weighted by molar-refractivity contribution is 0.572. The third kappa shape index (κ3) is 2.65. The van der Waals surface area contributed by atoms with Gasteiger partial charge in [0.2, 0.25) is 0 Å². The van der Waals surface area contributed by atoms with Gasteiger partial charge in [-0.2, -0.15) is 0 Å². The second kappa shape index (κ2) is 5.60. The highest BCUT2D eigenvalue weighted by molar-refractivity contribution is 5.39. The number of nitrogen functional groups attached to an aromatic ring is 1. The second-order valence-electron chi connectivity index (χ2n) is 4.30. The summed E-state index contributed by atoms with van der Waals surface area (Å²) in [4.78, 5) is 8.56. The van der Waals surface area contributed by atoms with Crippen molar-refractivity contribution in [2.45, 2.75) is 19.4 Å². The second-order valence-corrected chi connectivity index (χ2v) is 4.30. The van der Waals surface area contributed by atoms with Gasteiger partial charge in [0.05, 0.1) is 11.7 Å². The molecule has 4 heteroatoms. The van der Waals surface area contributed by atoms with Crippen LogP contribution >= 0.6 is 0 Å². The highest BCUT2D eigenvalue weighted by Crippen LogP contribution is 2.21. The van der Waals surface area contributed by atoms with Crippen molar-refractivity contribution in [2.75, 3.05) is 12.8 Å². The molecule has 0 saturated heterocycles. The predicted molar refractivity (Wildman–Crippen MR) is 73.1 cm³/mol. The number of nitrogens with two attached hydrogens (primary N) is 1. The van der Waals surface area contributed by atoms with E-state index in [1.165, 1.54) is 5.56 Å². The third-order valence-corrected chi connectivity index (χ3v) is 3.08. The Bertz CT molecular complexity index is 525. The molecule has 0 aliphatic rings. The number of aryl methyl sites for hydroxylation is 1. The summed E-state index contributed by atoms with van der Waals surface area (Å²) in [6.45, 7) is 2.07. The van der Waals surface area contributed by atoms with E-state index in [1.54, 1.807) is 6.20 Å². The number of hydrogen-bond acceptors (Lipinski definition) is 4. The van der Waals surface area contributed by atoms with Crippen LogP contribution in [-0.2, 0) is 6.42 Å². The Balaban J connectivity index is 2.26. The topological polar surface area (TPSA) is 63.8 Å². The van der Waals surface area contributed by atoms with Gasteiger partial charge in [-0.15, -0.1) is 0 Å². The fourth-order valence-corrected chi connectivity index (χ4v) is 2.04. The molecule has 0 aliphatic carbocycles. The largest absolute Gasteiger partial charge is 0.383 e. The SMILES string of the molecule is CNC(Cc1cccnc1N)c1ncccc1C. The van der Waals surface area contributed by atoms with Crippen LogP contribution in [0.4, 0.5) is 5.82 Å². The minimum absolute atomic E-state index is 0.151. The highest BCUT2D eigenvalue weighted by atomic mass is 14.9. The van der Waals surface area contributed by atoms with Gasteiger partial charge >= 0.3 is 0 Å². The number of likely N-dealkylation sites (N-methyl/N-ethyl adjacent to an activating group) is 1. The lowest BCUT2D eigenvalue weighted by atomic mass is 10.0. The van der Waals surface area contributed by atoms with E-state index >= 15 is 0 Å². The molecular weight excluding hydrogens is 224 g/mol. The summed E-state index contributed by atoms with van der Waals surface area (Å²) >= 11 is 0. The van der Waals surface area contributed by atoms with Gasteiger partial charge in [-0.25, -0.2) is 4.98 Å². The first-order valence-electron chi connectivity index (χ1n) is 6.00. The van der Waals surface area contributed by atoms with E-state index in [1.807, 2.05) is 31.4 Å². The number of anilines is 1. The number of aromatic nitrogens is 2. The molecular formula is C14H18N4. The standard InChI is InChI=1S/C14H18N4/c1-10-5-3-7-17-13(10)12(16-2)9-11-6-4-8-18-14(11)15/h3-8,12,16H,9H2,1-2H3,(H2,15,18). The maximum atomic E-state index is 5.88. The van der Waals surface area contributed by atoms with Crippen molar-refractivity contribution in [3.63, 3.8) is 0 Å². The van der Waals surface area contributed by atoms with Crippen molar-refractivity contribution in [1.29, 1.82) is 0 Å². The Morgan fingerprint density at radius 1 is 1.22 bits per heavy atom. The van der Waals surface area contributed by atoms with E-state index in [9.17, 15) is 0 Å². The van der Waals surface area contributed by atoms with Crippen LogP contribution in [0.5, 0.6) is 0 Å². The van der Waals surface area contributed by atoms with Crippen molar-refractivity contribution in [2.24, 2.45) is 0 Å². The summed E-state index contributed by atoms with van der Waals surface area (Å²) in [5, 5.41) is 3.29. The van der Waals surface area contributed by atoms with Crippen LogP contribution in [0.25, 0.3) is 0 Å². The molecule has 1 atom stereocenters. The smallest absolute Gasteiger partial charge is 0.126 e. The number of nitrogens with zero attached hydrogens (tertiary/aromatic N) is 2. The van der Waals surface area contributed by atoms with Gasteiger partial charge < -0.3 is 11.1 Å². The maximum absolute atomic E-state index is 5.88. The van der Waals surface area contributed by atoms with Crippen LogP contribution in [-0.4, -0.2) is 17.0 Å². The molecule has 0 aromatic carbocycles. The number of hydrogen-bond donors (Lipinski definition) is 2. The van der Waals surface area contributed by atoms with Crippen LogP contribution < -0.4 is 11.1 Å². The number of rotatable bonds is 4. The molecule has 2 aromatic heterocycles. The zero-order chi connectivity index (χ0) is 13.0. The van der Waals surface area contributed by atoms with E-state index in [2.05, 4.69) is 28.3 Å². The molecule has 2 aromatic rings. The number of nitrogens with one attached hydrogen (secondary N) is 1. The Kier molecular flexibility index (Phi) is 3.89. The molecule has 4 nitrogen and oxygen atoms in total. The summed E-state index contributed by atoms with van der Waals surface area (Å²) in [6.07, 6.45) is 4.31. The van der Waals surface area contributed by atoms with Gasteiger partial charge in [-0.1, -0.05) is 12.1 Å². The van der Waals surface area contributed by atoms with Gasteiger partial charge in [0, 0.05) is 12.4 Å². The van der Waals surface area contributed by atoms with Gasteiger partial charge in [0.1, 0.15) is 5.82 Å². The van der Waals surface area contributed by atoms with Gasteiger partial charge in [-0.05, 0) is 43.7 Å². The average molecular weight is 242 g/mol. The molecule has 2 heterocycles. The lowest BCUT2D eigenvalue weighted by Gasteiger charge is -2.18. The summed E-state index contributed by atoms with van der Waals surface area (Å²) in [7, 11) is 1.94. The fourth-order valence-electron chi connectivity index (χ4n) is 2.04. The molecule has 2 rings (SSSR count). The van der Waals surface area contributed by atoms with E-state index in [0.29, 0.717) is 5.82 Å². The zero-order valence-corrected chi connectivity index (χ0v) is 10.7. The van der Waals surface area contributed by atoms with E-state index in [0.717, 1.165) is 17.7 Å². The Hall–Kier alpha value is -1.94. The summed E-state index contributed by atoms with van der Waals surface area (Å²) in [6, 6.07) is 8.08. The van der Waals surface area contributed by atoms with Crippen LogP contribution in [0.1, 0.15) is 22.9 Å². The minimum atomic E-state index is 0.151. The fraction of sp³-hybridized carbons (Fsp3) is 0.286. The molecule has 0 radical (unpaired) electrons. The van der Waals surface area contributed by atoms with Crippen molar-refractivity contribution in [3.05, 3.63) is 53.5 Å². The van der Waals surface area contributed by atoms with E-state index < -0.39 is 0 Å². The molecule has 3 N–H and O–H groups in total. The average Bonchev–Trinajstić information content (AvgIpc) is 2.39. The zero-order valence-electron chi connectivity index (χ0n) is 10.7. The Morgan fingerprint density at radius 3 is 2.61 bits per heavy atom. The molecule has 0 bridgehead atoms. The quantitative estimate of drug-likeness (QED) is 0.859. The Labute approximate surface area is 107 Å². The predicted octanol–water partition coefficient (Wildman–Crippen LogP) is 1.87. The molecule has 0 aliphatic heterocycles. The molecule has 0 amide bonds. The van der Waals surface area contributed by atoms with Crippen LogP contribution in [0.15, 0.2) is 36.7 Å². The maximum Gasteiger partial charge on any atom is 0.126 e. The molecule has 18 heavy (non-hydrogen) atoms. The van der Waals surface area contributed by atoms with Crippen molar-refractivity contribution >= 4 is 5.82 Å². The molecule has 94 valence electrons. The van der Waals surface area contributed by atoms with Crippen LogP contribution in [0.2, 0.25) is 0 Å². The van der Waals surface area contributed by atoms with Crippen LogP contribution in [0, 0.1) is 6.92 Å². The first kappa shape index (κ1) is 12.5. The Morgan fingerprint density at radius 2 is 1.94 bits per heavy atom.